The molecule has 96 valence electrons. The summed E-state index contributed by atoms with van der Waals surface area (Å²) >= 11 is 3.03. The zero-order valence-electron chi connectivity index (χ0n) is 9.29. The van der Waals surface area contributed by atoms with Gasteiger partial charge in [0.05, 0.1) is 12.3 Å². The molecule has 0 saturated carbocycles. The molecule has 0 aliphatic carbocycles. The third kappa shape index (κ3) is 2.77. The minimum atomic E-state index is -0.691. The van der Waals surface area contributed by atoms with Gasteiger partial charge < -0.3 is 4.42 Å². The Balaban J connectivity index is 2.33. The van der Waals surface area contributed by atoms with Crippen LogP contribution in [0.4, 0.5) is 8.78 Å². The van der Waals surface area contributed by atoms with E-state index in [1.54, 1.807) is 12.1 Å². The minimum Gasteiger partial charge on any atom is -0.469 e. The fraction of sp³-hybridized carbons (Fsp3) is 0.167. The highest BCUT2D eigenvalue weighted by Gasteiger charge is 2.21. The van der Waals surface area contributed by atoms with Crippen molar-refractivity contribution < 1.29 is 13.2 Å². The van der Waals surface area contributed by atoms with Gasteiger partial charge in [-0.1, -0.05) is 15.9 Å². The number of hydrogen-bond donors (Lipinski definition) is 2. The first-order valence-corrected chi connectivity index (χ1v) is 6.04. The van der Waals surface area contributed by atoms with Crippen LogP contribution >= 0.6 is 15.9 Å². The predicted octanol–water partition coefficient (Wildman–Crippen LogP) is 3.07. The van der Waals surface area contributed by atoms with E-state index in [0.717, 1.165) is 0 Å². The van der Waals surface area contributed by atoms with Gasteiger partial charge in [0.15, 0.2) is 0 Å². The SMILES string of the molecule is NNC(Cc1ccco1)c1c(F)cc(Br)cc1F. The summed E-state index contributed by atoms with van der Waals surface area (Å²) in [5.74, 6) is 4.65. The lowest BCUT2D eigenvalue weighted by Gasteiger charge is -2.16. The molecule has 6 heteroatoms. The van der Waals surface area contributed by atoms with Crippen LogP contribution in [0.5, 0.6) is 0 Å². The summed E-state index contributed by atoms with van der Waals surface area (Å²) in [5, 5.41) is 0. The Bertz CT molecular complexity index is 508. The fourth-order valence-electron chi connectivity index (χ4n) is 1.76. The molecule has 1 heterocycles. The maximum absolute atomic E-state index is 13.8. The Morgan fingerprint density at radius 3 is 2.50 bits per heavy atom. The summed E-state index contributed by atoms with van der Waals surface area (Å²) in [5.41, 5.74) is 2.30. The van der Waals surface area contributed by atoms with E-state index < -0.39 is 17.7 Å². The Labute approximate surface area is 111 Å². The summed E-state index contributed by atoms with van der Waals surface area (Å²) in [4.78, 5) is 0. The molecule has 2 aromatic rings. The van der Waals surface area contributed by atoms with Crippen molar-refractivity contribution in [3.05, 3.63) is 58.0 Å². The van der Waals surface area contributed by atoms with Crippen molar-refractivity contribution in [2.45, 2.75) is 12.5 Å². The van der Waals surface area contributed by atoms with E-state index in [2.05, 4.69) is 21.4 Å². The second-order valence-electron chi connectivity index (χ2n) is 3.79. The molecule has 0 saturated heterocycles. The number of hydrazine groups is 1. The third-order valence-electron chi connectivity index (χ3n) is 2.58. The molecule has 1 aromatic carbocycles. The molecule has 0 radical (unpaired) electrons. The van der Waals surface area contributed by atoms with E-state index in [-0.39, 0.29) is 12.0 Å². The van der Waals surface area contributed by atoms with Crippen molar-refractivity contribution in [1.29, 1.82) is 0 Å². The maximum Gasteiger partial charge on any atom is 0.132 e. The Kier molecular flexibility index (Phi) is 4.11. The first kappa shape index (κ1) is 13.2. The molecular weight excluding hydrogens is 306 g/mol. The van der Waals surface area contributed by atoms with Crippen LogP contribution in [0.1, 0.15) is 17.4 Å². The molecule has 0 spiro atoms. The van der Waals surface area contributed by atoms with Crippen LogP contribution in [-0.2, 0) is 6.42 Å². The summed E-state index contributed by atoms with van der Waals surface area (Å²) in [7, 11) is 0. The summed E-state index contributed by atoms with van der Waals surface area (Å²) in [6.45, 7) is 0. The molecular formula is C12H11BrF2N2O. The van der Waals surface area contributed by atoms with Crippen molar-refractivity contribution in [2.75, 3.05) is 0 Å². The zero-order chi connectivity index (χ0) is 13.1. The molecule has 1 unspecified atom stereocenters. The third-order valence-corrected chi connectivity index (χ3v) is 3.04. The van der Waals surface area contributed by atoms with Crippen molar-refractivity contribution >= 4 is 15.9 Å². The monoisotopic (exact) mass is 316 g/mol. The van der Waals surface area contributed by atoms with E-state index >= 15 is 0 Å². The number of rotatable bonds is 4. The molecule has 3 nitrogen and oxygen atoms in total. The van der Waals surface area contributed by atoms with Crippen molar-refractivity contribution in [2.24, 2.45) is 5.84 Å². The fourth-order valence-corrected chi connectivity index (χ4v) is 2.16. The highest BCUT2D eigenvalue weighted by molar-refractivity contribution is 9.10. The molecule has 0 fully saturated rings. The van der Waals surface area contributed by atoms with Crippen LogP contribution in [-0.4, -0.2) is 0 Å². The second kappa shape index (κ2) is 5.60. The van der Waals surface area contributed by atoms with Crippen LogP contribution in [0, 0.1) is 11.6 Å². The van der Waals surface area contributed by atoms with E-state index in [9.17, 15) is 8.78 Å². The summed E-state index contributed by atoms with van der Waals surface area (Å²) in [6.07, 6.45) is 1.76. The Morgan fingerprint density at radius 1 is 1.33 bits per heavy atom. The topological polar surface area (TPSA) is 51.2 Å². The lowest BCUT2D eigenvalue weighted by Crippen LogP contribution is -2.31. The van der Waals surface area contributed by atoms with Gasteiger partial charge >= 0.3 is 0 Å². The number of nitrogens with one attached hydrogen (secondary N) is 1. The number of furan rings is 1. The Morgan fingerprint density at radius 2 is 2.00 bits per heavy atom. The van der Waals surface area contributed by atoms with Gasteiger partial charge in [-0.2, -0.15) is 0 Å². The maximum atomic E-state index is 13.8. The lowest BCUT2D eigenvalue weighted by molar-refractivity contribution is 0.428. The van der Waals surface area contributed by atoms with Gasteiger partial charge in [0.25, 0.3) is 0 Å². The predicted molar refractivity (Wildman–Crippen MR) is 66.5 cm³/mol. The van der Waals surface area contributed by atoms with E-state index in [1.165, 1.54) is 18.4 Å². The van der Waals surface area contributed by atoms with Crippen LogP contribution in [0.2, 0.25) is 0 Å². The molecule has 1 aromatic heterocycles. The van der Waals surface area contributed by atoms with Gasteiger partial charge in [0.2, 0.25) is 0 Å². The average molecular weight is 317 g/mol. The quantitative estimate of drug-likeness (QED) is 0.673. The number of hydrogen-bond acceptors (Lipinski definition) is 3. The number of benzene rings is 1. The van der Waals surface area contributed by atoms with Crippen molar-refractivity contribution in [3.63, 3.8) is 0 Å². The average Bonchev–Trinajstić information content (AvgIpc) is 2.79. The molecule has 18 heavy (non-hydrogen) atoms. The van der Waals surface area contributed by atoms with Crippen LogP contribution < -0.4 is 11.3 Å². The summed E-state index contributed by atoms with van der Waals surface area (Å²) in [6, 6.07) is 5.13. The molecule has 3 N–H and O–H groups in total. The molecule has 0 aliphatic rings. The van der Waals surface area contributed by atoms with E-state index in [4.69, 9.17) is 10.3 Å². The van der Waals surface area contributed by atoms with E-state index in [0.29, 0.717) is 10.2 Å². The minimum absolute atomic E-state index is 0.0999. The molecule has 2 rings (SSSR count). The second-order valence-corrected chi connectivity index (χ2v) is 4.70. The molecule has 1 atom stereocenters. The highest BCUT2D eigenvalue weighted by Crippen LogP contribution is 2.26. The van der Waals surface area contributed by atoms with Crippen molar-refractivity contribution in [3.8, 4) is 0 Å². The van der Waals surface area contributed by atoms with Crippen LogP contribution in [0.15, 0.2) is 39.4 Å². The first-order valence-electron chi connectivity index (χ1n) is 5.24. The van der Waals surface area contributed by atoms with Gasteiger partial charge in [-0.25, -0.2) is 8.78 Å². The van der Waals surface area contributed by atoms with Gasteiger partial charge in [-0.15, -0.1) is 0 Å². The largest absolute Gasteiger partial charge is 0.469 e. The zero-order valence-corrected chi connectivity index (χ0v) is 10.9. The lowest BCUT2D eigenvalue weighted by atomic mass is 10.0. The van der Waals surface area contributed by atoms with Gasteiger partial charge in [0.1, 0.15) is 17.4 Å². The first-order chi connectivity index (χ1) is 8.61. The van der Waals surface area contributed by atoms with Gasteiger partial charge in [-0.05, 0) is 24.3 Å². The Hall–Kier alpha value is -1.24. The van der Waals surface area contributed by atoms with Gasteiger partial charge in [0, 0.05) is 16.5 Å². The van der Waals surface area contributed by atoms with E-state index in [1.807, 2.05) is 0 Å². The number of nitrogens with two attached hydrogens (primary N) is 1. The summed E-state index contributed by atoms with van der Waals surface area (Å²) < 4.78 is 33.0. The standard InChI is InChI=1S/C12H11BrF2N2O/c13-7-4-9(14)12(10(15)5-7)11(17-16)6-8-2-1-3-18-8/h1-5,11,17H,6,16H2. The smallest absolute Gasteiger partial charge is 0.132 e. The molecule has 0 bridgehead atoms. The van der Waals surface area contributed by atoms with Gasteiger partial charge in [-0.3, -0.25) is 11.3 Å². The normalized spacial score (nSPS) is 12.7. The molecule has 0 aliphatic heterocycles. The molecule has 0 amide bonds. The van der Waals surface area contributed by atoms with Crippen LogP contribution in [0.3, 0.4) is 0 Å². The highest BCUT2D eigenvalue weighted by atomic mass is 79.9. The van der Waals surface area contributed by atoms with Crippen LogP contribution in [0.25, 0.3) is 0 Å². The van der Waals surface area contributed by atoms with Crippen molar-refractivity contribution in [1.82, 2.24) is 5.43 Å². The number of halogens is 3.